The number of hydrogen-bond donors (Lipinski definition) is 3. The van der Waals surface area contributed by atoms with Crippen LogP contribution in [0.15, 0.2) is 59.9 Å². The number of benzene rings is 2. The Morgan fingerprint density at radius 1 is 1.29 bits per heavy atom. The predicted octanol–water partition coefficient (Wildman–Crippen LogP) is 4.78. The van der Waals surface area contributed by atoms with Crippen molar-refractivity contribution in [3.8, 4) is 17.6 Å². The molecule has 0 aromatic heterocycles. The number of hydrogen-bond acceptors (Lipinski definition) is 6. The number of allylic oxidation sites excluding steroid dienone is 2. The van der Waals surface area contributed by atoms with Gasteiger partial charge in [0.15, 0.2) is 0 Å². The SMILES string of the molecule is C=N/C=C(\C=C/N)c1cccc(Oc2ccc(C(=O)NC3CC(C)NC(C)C3)cc2Cl)c1C#N. The number of carbonyl (C=O) groups is 1. The molecule has 0 bridgehead atoms. The topological polar surface area (TPSA) is 113 Å². The molecule has 0 aliphatic carbocycles. The molecule has 2 unspecified atom stereocenters. The standard InChI is InChI=1S/C26H28ClN5O2/c1-16-11-20(12-17(2)31-16)32-26(33)18-7-8-25(23(27)13-18)34-24-6-4-5-21(22(24)14-29)19(9-10-28)15-30-3/h4-10,13,15-17,20,31H,3,11-12,28H2,1-2H3,(H,32,33)/b10-9-,19-15+. The van der Waals surface area contributed by atoms with Crippen LogP contribution in [0.4, 0.5) is 0 Å². The summed E-state index contributed by atoms with van der Waals surface area (Å²) in [6, 6.07) is 13.0. The second-order valence-corrected chi connectivity index (χ2v) is 8.68. The maximum absolute atomic E-state index is 12.8. The number of nitrogens with two attached hydrogens (primary N) is 1. The Hall–Kier alpha value is -3.60. The molecule has 2 aromatic rings. The van der Waals surface area contributed by atoms with E-state index in [4.69, 9.17) is 22.1 Å². The van der Waals surface area contributed by atoms with Crippen LogP contribution in [-0.4, -0.2) is 30.8 Å². The number of amides is 1. The van der Waals surface area contributed by atoms with E-state index >= 15 is 0 Å². The molecule has 1 heterocycles. The van der Waals surface area contributed by atoms with Crippen molar-refractivity contribution in [2.75, 3.05) is 0 Å². The third kappa shape index (κ3) is 6.04. The number of ether oxygens (including phenoxy) is 1. The number of nitrogens with zero attached hydrogens (tertiary/aromatic N) is 2. The van der Waals surface area contributed by atoms with Crippen LogP contribution in [0.1, 0.15) is 48.2 Å². The van der Waals surface area contributed by atoms with E-state index in [-0.39, 0.29) is 17.0 Å². The smallest absolute Gasteiger partial charge is 0.251 e. The van der Waals surface area contributed by atoms with E-state index in [0.717, 1.165) is 12.8 Å². The van der Waals surface area contributed by atoms with Crippen molar-refractivity contribution in [2.45, 2.75) is 44.8 Å². The minimum atomic E-state index is -0.181. The van der Waals surface area contributed by atoms with Gasteiger partial charge in [0, 0.05) is 41.0 Å². The summed E-state index contributed by atoms with van der Waals surface area (Å²) in [5, 5.41) is 16.6. The summed E-state index contributed by atoms with van der Waals surface area (Å²) in [5.74, 6) is 0.467. The molecule has 1 aliphatic heterocycles. The highest BCUT2D eigenvalue weighted by molar-refractivity contribution is 6.32. The van der Waals surface area contributed by atoms with Gasteiger partial charge < -0.3 is 21.1 Å². The van der Waals surface area contributed by atoms with Gasteiger partial charge in [0.2, 0.25) is 0 Å². The van der Waals surface area contributed by atoms with Gasteiger partial charge in [0.1, 0.15) is 23.1 Å². The third-order valence-electron chi connectivity index (χ3n) is 5.55. The number of carbonyl (C=O) groups excluding carboxylic acids is 1. The van der Waals surface area contributed by atoms with Gasteiger partial charge >= 0.3 is 0 Å². The molecule has 176 valence electrons. The summed E-state index contributed by atoms with van der Waals surface area (Å²) in [4.78, 5) is 16.6. The van der Waals surface area contributed by atoms with Crippen LogP contribution in [0.5, 0.6) is 11.5 Å². The average Bonchev–Trinajstić information content (AvgIpc) is 2.79. The first-order valence-electron chi connectivity index (χ1n) is 11.0. The maximum atomic E-state index is 12.8. The van der Waals surface area contributed by atoms with Crippen molar-refractivity contribution in [1.29, 1.82) is 5.26 Å². The summed E-state index contributed by atoms with van der Waals surface area (Å²) in [7, 11) is 0. The van der Waals surface area contributed by atoms with Crippen LogP contribution in [0, 0.1) is 11.3 Å². The van der Waals surface area contributed by atoms with E-state index in [0.29, 0.717) is 45.8 Å². The molecule has 3 rings (SSSR count). The molecule has 7 nitrogen and oxygen atoms in total. The number of halogens is 1. The van der Waals surface area contributed by atoms with E-state index in [1.54, 1.807) is 42.5 Å². The molecule has 0 saturated carbocycles. The molecule has 0 radical (unpaired) electrons. The molecule has 1 saturated heterocycles. The lowest BCUT2D eigenvalue weighted by Crippen LogP contribution is -2.50. The average molecular weight is 478 g/mol. The zero-order chi connectivity index (χ0) is 24.7. The number of nitriles is 1. The van der Waals surface area contributed by atoms with Gasteiger partial charge in [-0.25, -0.2) is 0 Å². The van der Waals surface area contributed by atoms with Gasteiger partial charge in [-0.3, -0.25) is 9.79 Å². The number of nitrogens with one attached hydrogen (secondary N) is 2. The van der Waals surface area contributed by atoms with E-state index in [2.05, 4.69) is 42.3 Å². The largest absolute Gasteiger partial charge is 0.454 e. The normalized spacial score (nSPS) is 20.5. The van der Waals surface area contributed by atoms with Crippen molar-refractivity contribution in [1.82, 2.24) is 10.6 Å². The summed E-state index contributed by atoms with van der Waals surface area (Å²) in [6.07, 6.45) is 6.23. The van der Waals surface area contributed by atoms with Crippen LogP contribution in [0.25, 0.3) is 5.57 Å². The van der Waals surface area contributed by atoms with E-state index in [1.807, 2.05) is 0 Å². The minimum Gasteiger partial charge on any atom is -0.454 e. The Bertz CT molecular complexity index is 1160. The predicted molar refractivity (Wildman–Crippen MR) is 136 cm³/mol. The Balaban J connectivity index is 1.82. The summed E-state index contributed by atoms with van der Waals surface area (Å²) >= 11 is 6.45. The summed E-state index contributed by atoms with van der Waals surface area (Å²) < 4.78 is 5.97. The van der Waals surface area contributed by atoms with Crippen LogP contribution in [0.3, 0.4) is 0 Å². The Kier molecular flexibility index (Phi) is 8.47. The monoisotopic (exact) mass is 477 g/mol. The minimum absolute atomic E-state index is 0.101. The zero-order valence-electron chi connectivity index (χ0n) is 19.2. The third-order valence-corrected chi connectivity index (χ3v) is 5.84. The van der Waals surface area contributed by atoms with Crippen LogP contribution < -0.4 is 21.1 Å². The van der Waals surface area contributed by atoms with E-state index in [9.17, 15) is 10.1 Å². The van der Waals surface area contributed by atoms with Crippen molar-refractivity contribution in [3.05, 3.63) is 76.6 Å². The van der Waals surface area contributed by atoms with Crippen molar-refractivity contribution < 1.29 is 9.53 Å². The quantitative estimate of drug-likeness (QED) is 0.392. The van der Waals surface area contributed by atoms with Gasteiger partial charge in [-0.15, -0.1) is 0 Å². The first-order valence-corrected chi connectivity index (χ1v) is 11.4. The van der Waals surface area contributed by atoms with Crippen LogP contribution >= 0.6 is 11.6 Å². The van der Waals surface area contributed by atoms with Gasteiger partial charge in [0.25, 0.3) is 5.91 Å². The molecule has 2 aromatic carbocycles. The molecular weight excluding hydrogens is 450 g/mol. The Morgan fingerprint density at radius 2 is 2.03 bits per heavy atom. The lowest BCUT2D eigenvalue weighted by atomic mass is 9.95. The fourth-order valence-corrected chi connectivity index (χ4v) is 4.40. The molecule has 8 heteroatoms. The fourth-order valence-electron chi connectivity index (χ4n) is 4.18. The lowest BCUT2D eigenvalue weighted by molar-refractivity contribution is 0.0920. The molecular formula is C26H28ClN5O2. The number of piperidine rings is 1. The first-order chi connectivity index (χ1) is 16.4. The lowest BCUT2D eigenvalue weighted by Gasteiger charge is -2.33. The highest BCUT2D eigenvalue weighted by atomic mass is 35.5. The molecule has 4 N–H and O–H groups in total. The molecule has 1 fully saturated rings. The van der Waals surface area contributed by atoms with Gasteiger partial charge in [-0.2, -0.15) is 5.26 Å². The Morgan fingerprint density at radius 3 is 2.65 bits per heavy atom. The molecule has 34 heavy (non-hydrogen) atoms. The summed E-state index contributed by atoms with van der Waals surface area (Å²) in [6.45, 7) is 7.69. The fraction of sp³-hybridized carbons (Fsp3) is 0.269. The van der Waals surface area contributed by atoms with Crippen molar-refractivity contribution in [2.24, 2.45) is 10.7 Å². The number of rotatable bonds is 7. The molecule has 2 atom stereocenters. The second kappa shape index (κ2) is 11.5. The van der Waals surface area contributed by atoms with Gasteiger partial charge in [-0.1, -0.05) is 23.7 Å². The molecule has 1 amide bonds. The molecule has 1 aliphatic rings. The Labute approximate surface area is 205 Å². The summed E-state index contributed by atoms with van der Waals surface area (Å²) in [5.41, 5.74) is 7.47. The van der Waals surface area contributed by atoms with Crippen molar-refractivity contribution in [3.63, 3.8) is 0 Å². The van der Waals surface area contributed by atoms with E-state index < -0.39 is 0 Å². The van der Waals surface area contributed by atoms with Crippen LogP contribution in [0.2, 0.25) is 5.02 Å². The second-order valence-electron chi connectivity index (χ2n) is 8.27. The zero-order valence-corrected chi connectivity index (χ0v) is 20.0. The molecule has 0 spiro atoms. The van der Waals surface area contributed by atoms with Crippen molar-refractivity contribution >= 4 is 29.8 Å². The van der Waals surface area contributed by atoms with Gasteiger partial charge in [0.05, 0.1) is 5.02 Å². The highest BCUT2D eigenvalue weighted by Gasteiger charge is 2.25. The highest BCUT2D eigenvalue weighted by Crippen LogP contribution is 2.35. The first kappa shape index (κ1) is 25.0. The van der Waals surface area contributed by atoms with Gasteiger partial charge in [-0.05, 0) is 69.9 Å². The van der Waals surface area contributed by atoms with E-state index in [1.165, 1.54) is 12.4 Å². The van der Waals surface area contributed by atoms with Crippen LogP contribution in [-0.2, 0) is 0 Å². The number of aliphatic imine (C=N–C) groups is 1. The maximum Gasteiger partial charge on any atom is 0.251 e.